The Hall–Kier alpha value is -2.75. The third-order valence-corrected chi connectivity index (χ3v) is 8.33. The highest BCUT2D eigenvalue weighted by Crippen LogP contribution is 2.29. The van der Waals surface area contributed by atoms with Crippen LogP contribution in [-0.4, -0.2) is 35.5 Å². The number of nitrogens with one attached hydrogen (secondary N) is 1. The van der Waals surface area contributed by atoms with Gasteiger partial charge in [0.25, 0.3) is 0 Å². The summed E-state index contributed by atoms with van der Waals surface area (Å²) < 4.78 is 59.9. The first-order chi connectivity index (χ1) is 14.3. The second-order valence-electron chi connectivity index (χ2n) is 6.62. The quantitative estimate of drug-likeness (QED) is 0.571. The Morgan fingerprint density at radius 2 is 1.73 bits per heavy atom. The van der Waals surface area contributed by atoms with E-state index >= 15 is 0 Å². The molecule has 0 aliphatic rings. The Balaban J connectivity index is 1.95. The van der Waals surface area contributed by atoms with Crippen LogP contribution in [0.2, 0.25) is 0 Å². The van der Waals surface area contributed by atoms with Crippen molar-refractivity contribution in [1.29, 1.82) is 0 Å². The molecule has 1 N–H and O–H groups in total. The zero-order valence-corrected chi connectivity index (χ0v) is 18.2. The lowest BCUT2D eigenvalue weighted by Crippen LogP contribution is -2.32. The number of sulfone groups is 1. The molecule has 30 heavy (non-hydrogen) atoms. The number of aryl methyl sites for hydroxylation is 1. The first-order valence-corrected chi connectivity index (χ1v) is 12.1. The van der Waals surface area contributed by atoms with Crippen LogP contribution in [0.15, 0.2) is 82.8 Å². The Labute approximate surface area is 176 Å². The van der Waals surface area contributed by atoms with E-state index in [2.05, 4.69) is 9.71 Å². The molecule has 3 rings (SSSR count). The fourth-order valence-electron chi connectivity index (χ4n) is 3.06. The number of aromatic nitrogens is 1. The second-order valence-corrected chi connectivity index (χ2v) is 10.5. The Morgan fingerprint density at radius 3 is 2.33 bits per heavy atom. The summed E-state index contributed by atoms with van der Waals surface area (Å²) in [7, 11) is -6.32. The van der Waals surface area contributed by atoms with Gasteiger partial charge in [-0.05, 0) is 54.4 Å². The van der Waals surface area contributed by atoms with Crippen molar-refractivity contribution in [3.8, 4) is 5.75 Å². The van der Waals surface area contributed by atoms with Gasteiger partial charge in [0, 0.05) is 18.9 Å². The normalized spacial score (nSPS) is 13.0. The van der Waals surface area contributed by atoms with Gasteiger partial charge in [-0.1, -0.05) is 24.3 Å². The van der Waals surface area contributed by atoms with Crippen LogP contribution in [0, 0.1) is 6.92 Å². The zero-order valence-electron chi connectivity index (χ0n) is 16.5. The van der Waals surface area contributed by atoms with E-state index < -0.39 is 25.1 Å². The van der Waals surface area contributed by atoms with Crippen molar-refractivity contribution >= 4 is 19.9 Å². The maximum atomic E-state index is 13.3. The number of methoxy groups -OCH3 is 1. The van der Waals surface area contributed by atoms with E-state index in [0.29, 0.717) is 16.9 Å². The van der Waals surface area contributed by atoms with E-state index in [4.69, 9.17) is 4.74 Å². The molecular weight excluding hydrogens is 424 g/mol. The number of hydrogen-bond donors (Lipinski definition) is 1. The Kier molecular flexibility index (Phi) is 6.55. The Morgan fingerprint density at radius 1 is 1.00 bits per heavy atom. The van der Waals surface area contributed by atoms with Gasteiger partial charge < -0.3 is 4.74 Å². The number of ether oxygens (including phenoxy) is 1. The minimum Gasteiger partial charge on any atom is -0.497 e. The highest BCUT2D eigenvalue weighted by molar-refractivity contribution is 7.92. The number of sulfonamides is 1. The lowest BCUT2D eigenvalue weighted by atomic mass is 10.2. The zero-order chi connectivity index (χ0) is 21.8. The van der Waals surface area contributed by atoms with Gasteiger partial charge >= 0.3 is 0 Å². The van der Waals surface area contributed by atoms with E-state index in [1.54, 1.807) is 49.4 Å². The van der Waals surface area contributed by atoms with Crippen molar-refractivity contribution in [3.63, 3.8) is 0 Å². The van der Waals surface area contributed by atoms with E-state index in [9.17, 15) is 16.8 Å². The van der Waals surface area contributed by atoms with Gasteiger partial charge in [0.15, 0.2) is 9.84 Å². The van der Waals surface area contributed by atoms with E-state index in [0.717, 1.165) is 0 Å². The molecule has 1 atom stereocenters. The van der Waals surface area contributed by atoms with Crippen molar-refractivity contribution in [3.05, 3.63) is 84.2 Å². The molecule has 0 saturated heterocycles. The number of benzene rings is 2. The molecule has 1 heterocycles. The van der Waals surface area contributed by atoms with Crippen LogP contribution in [0.25, 0.3) is 0 Å². The maximum Gasteiger partial charge on any atom is 0.240 e. The summed E-state index contributed by atoms with van der Waals surface area (Å²) in [4.78, 5) is 4.16. The highest BCUT2D eigenvalue weighted by atomic mass is 32.2. The van der Waals surface area contributed by atoms with Crippen molar-refractivity contribution < 1.29 is 21.6 Å². The lowest BCUT2D eigenvalue weighted by Gasteiger charge is -2.19. The van der Waals surface area contributed by atoms with Gasteiger partial charge in [-0.3, -0.25) is 4.98 Å². The molecule has 0 fully saturated rings. The number of rotatable bonds is 8. The first-order valence-electron chi connectivity index (χ1n) is 9.09. The summed E-state index contributed by atoms with van der Waals surface area (Å²) in [6, 6.07) is 15.7. The molecule has 0 amide bonds. The maximum absolute atomic E-state index is 13.3. The van der Waals surface area contributed by atoms with Crippen LogP contribution in [-0.2, 0) is 19.9 Å². The van der Waals surface area contributed by atoms with Crippen molar-refractivity contribution in [2.75, 3.05) is 13.7 Å². The minimum absolute atomic E-state index is 0.0605. The van der Waals surface area contributed by atoms with Crippen LogP contribution < -0.4 is 9.46 Å². The monoisotopic (exact) mass is 446 g/mol. The number of hydrogen-bond acceptors (Lipinski definition) is 6. The third-order valence-electron chi connectivity index (χ3n) is 4.63. The SMILES string of the molecule is COc1ccc(S(=O)(=O)NCC(c2cccnc2)S(=O)(=O)c2ccccc2)c(C)c1. The first kappa shape index (κ1) is 21.9. The fourth-order valence-corrected chi connectivity index (χ4v) is 6.10. The topological polar surface area (TPSA) is 102 Å². The molecule has 1 unspecified atom stereocenters. The van der Waals surface area contributed by atoms with Crippen molar-refractivity contribution in [2.45, 2.75) is 22.0 Å². The van der Waals surface area contributed by atoms with Crippen molar-refractivity contribution in [2.24, 2.45) is 0 Å². The van der Waals surface area contributed by atoms with Gasteiger partial charge in [-0.25, -0.2) is 21.6 Å². The van der Waals surface area contributed by atoms with Gasteiger partial charge in [0.05, 0.1) is 16.9 Å². The molecule has 0 radical (unpaired) electrons. The average Bonchev–Trinajstić information content (AvgIpc) is 2.74. The van der Waals surface area contributed by atoms with Crippen LogP contribution in [0.4, 0.5) is 0 Å². The lowest BCUT2D eigenvalue weighted by molar-refractivity contribution is 0.414. The standard InChI is InChI=1S/C21H22N2O5S2/c1-16-13-18(28-2)10-11-20(16)30(26,27)23-15-21(17-7-6-12-22-14-17)29(24,25)19-8-4-3-5-9-19/h3-14,21,23H,15H2,1-2H3. The summed E-state index contributed by atoms with van der Waals surface area (Å²) in [5.41, 5.74) is 0.890. The van der Waals surface area contributed by atoms with Crippen molar-refractivity contribution in [1.82, 2.24) is 9.71 Å². The van der Waals surface area contributed by atoms with Crippen LogP contribution >= 0.6 is 0 Å². The molecule has 9 heteroatoms. The molecule has 0 saturated carbocycles. The van der Waals surface area contributed by atoms with E-state index in [1.807, 2.05) is 0 Å². The second kappa shape index (κ2) is 8.95. The molecule has 0 aliphatic heterocycles. The molecule has 1 aromatic heterocycles. The van der Waals surface area contributed by atoms with Gasteiger partial charge in [0.1, 0.15) is 11.0 Å². The summed E-state index contributed by atoms with van der Waals surface area (Å²) in [6.45, 7) is 1.31. The molecule has 0 aliphatic carbocycles. The minimum atomic E-state index is -3.95. The molecule has 0 spiro atoms. The highest BCUT2D eigenvalue weighted by Gasteiger charge is 2.31. The molecule has 7 nitrogen and oxygen atoms in total. The third kappa shape index (κ3) is 4.69. The van der Waals surface area contributed by atoms with E-state index in [-0.39, 0.29) is 16.3 Å². The molecule has 158 valence electrons. The van der Waals surface area contributed by atoms with Crippen LogP contribution in [0.1, 0.15) is 16.4 Å². The van der Waals surface area contributed by atoms with E-state index in [1.165, 1.54) is 37.7 Å². The summed E-state index contributed by atoms with van der Waals surface area (Å²) >= 11 is 0. The van der Waals surface area contributed by atoms with Gasteiger partial charge in [0.2, 0.25) is 10.0 Å². The molecule has 3 aromatic rings. The van der Waals surface area contributed by atoms with Gasteiger partial charge in [-0.15, -0.1) is 0 Å². The summed E-state index contributed by atoms with van der Waals surface area (Å²) in [6.07, 6.45) is 2.96. The molecule has 0 bridgehead atoms. The summed E-state index contributed by atoms with van der Waals surface area (Å²) in [5.74, 6) is 0.534. The molecular formula is C21H22N2O5S2. The van der Waals surface area contributed by atoms with Crippen LogP contribution in [0.3, 0.4) is 0 Å². The fraction of sp³-hybridized carbons (Fsp3) is 0.190. The smallest absolute Gasteiger partial charge is 0.240 e. The molecule has 2 aromatic carbocycles. The summed E-state index contributed by atoms with van der Waals surface area (Å²) in [5, 5.41) is -1.14. The van der Waals surface area contributed by atoms with Gasteiger partial charge in [-0.2, -0.15) is 0 Å². The number of nitrogens with zero attached hydrogens (tertiary/aromatic N) is 1. The average molecular weight is 447 g/mol. The largest absolute Gasteiger partial charge is 0.497 e. The Bertz CT molecular complexity index is 1210. The predicted octanol–water partition coefficient (Wildman–Crippen LogP) is 2.89. The number of pyridine rings is 1. The van der Waals surface area contributed by atoms with Crippen LogP contribution in [0.5, 0.6) is 5.75 Å². The predicted molar refractivity (Wildman–Crippen MR) is 114 cm³/mol.